The van der Waals surface area contributed by atoms with E-state index in [0.29, 0.717) is 24.1 Å². The van der Waals surface area contributed by atoms with E-state index in [1.54, 1.807) is 0 Å². The van der Waals surface area contributed by atoms with Crippen molar-refractivity contribution >= 4 is 23.8 Å². The van der Waals surface area contributed by atoms with Gasteiger partial charge in [-0.25, -0.2) is 9.59 Å². The Labute approximate surface area is 98.6 Å². The highest BCUT2D eigenvalue weighted by atomic mass is 32.2. The van der Waals surface area contributed by atoms with Gasteiger partial charge in [0.05, 0.1) is 5.88 Å². The number of carboxylic acid groups (broad SMARTS) is 1. The zero-order valence-electron chi connectivity index (χ0n) is 9.02. The lowest BCUT2D eigenvalue weighted by molar-refractivity contribution is -0.140. The molecule has 1 aliphatic carbocycles. The van der Waals surface area contributed by atoms with Gasteiger partial charge < -0.3 is 15.3 Å². The lowest BCUT2D eigenvalue weighted by Gasteiger charge is -2.27. The molecule has 6 heteroatoms. The zero-order valence-corrected chi connectivity index (χ0v) is 9.83. The summed E-state index contributed by atoms with van der Waals surface area (Å²) in [6.45, 7) is 0.687. The molecular formula is C10H16N2O3S. The van der Waals surface area contributed by atoms with E-state index in [-0.39, 0.29) is 6.03 Å². The van der Waals surface area contributed by atoms with Crippen LogP contribution in [-0.2, 0) is 4.79 Å². The highest BCUT2D eigenvalue weighted by molar-refractivity contribution is 7.99. The van der Waals surface area contributed by atoms with E-state index in [1.807, 2.05) is 0 Å². The van der Waals surface area contributed by atoms with Gasteiger partial charge in [-0.2, -0.15) is 0 Å². The van der Waals surface area contributed by atoms with Crippen LogP contribution in [0.5, 0.6) is 0 Å². The number of hydrogen-bond acceptors (Lipinski definition) is 3. The molecule has 16 heavy (non-hydrogen) atoms. The third kappa shape index (κ3) is 2.42. The molecule has 2 rings (SSSR count). The molecule has 0 radical (unpaired) electrons. The molecular weight excluding hydrogens is 228 g/mol. The topological polar surface area (TPSA) is 69.6 Å². The molecule has 1 saturated carbocycles. The number of hydrogen-bond donors (Lipinski definition) is 2. The Morgan fingerprint density at radius 3 is 2.75 bits per heavy atom. The SMILES string of the molecule is O=C(O)C1CSCN1C(=O)NCC1CCC1. The quantitative estimate of drug-likeness (QED) is 0.775. The van der Waals surface area contributed by atoms with Crippen molar-refractivity contribution in [2.24, 2.45) is 5.92 Å². The second kappa shape index (κ2) is 4.95. The average molecular weight is 244 g/mol. The van der Waals surface area contributed by atoms with Crippen LogP contribution in [0, 0.1) is 5.92 Å². The molecule has 1 unspecified atom stereocenters. The van der Waals surface area contributed by atoms with Crippen LogP contribution in [0.15, 0.2) is 0 Å². The minimum atomic E-state index is -0.913. The lowest BCUT2D eigenvalue weighted by Crippen LogP contribution is -2.48. The monoisotopic (exact) mass is 244 g/mol. The smallest absolute Gasteiger partial charge is 0.327 e. The lowest BCUT2D eigenvalue weighted by atomic mass is 9.85. The molecule has 90 valence electrons. The van der Waals surface area contributed by atoms with Crippen LogP contribution >= 0.6 is 11.8 Å². The van der Waals surface area contributed by atoms with Crippen LogP contribution in [0.1, 0.15) is 19.3 Å². The first-order valence-electron chi connectivity index (χ1n) is 5.53. The van der Waals surface area contributed by atoms with E-state index in [4.69, 9.17) is 5.11 Å². The van der Waals surface area contributed by atoms with Crippen LogP contribution in [0.25, 0.3) is 0 Å². The van der Waals surface area contributed by atoms with Gasteiger partial charge in [-0.05, 0) is 18.8 Å². The van der Waals surface area contributed by atoms with Gasteiger partial charge in [0, 0.05) is 12.3 Å². The molecule has 1 atom stereocenters. The number of aliphatic carboxylic acids is 1. The third-order valence-corrected chi connectivity index (χ3v) is 4.21. The summed E-state index contributed by atoms with van der Waals surface area (Å²) in [6, 6.07) is -0.893. The van der Waals surface area contributed by atoms with Crippen molar-refractivity contribution in [2.45, 2.75) is 25.3 Å². The van der Waals surface area contributed by atoms with E-state index in [2.05, 4.69) is 5.32 Å². The Kier molecular flexibility index (Phi) is 3.58. The number of carboxylic acids is 1. The van der Waals surface area contributed by atoms with Crippen LogP contribution in [0.3, 0.4) is 0 Å². The number of urea groups is 1. The van der Waals surface area contributed by atoms with Crippen molar-refractivity contribution in [3.8, 4) is 0 Å². The highest BCUT2D eigenvalue weighted by Crippen LogP contribution is 2.26. The maximum absolute atomic E-state index is 11.7. The normalized spacial score (nSPS) is 25.2. The fourth-order valence-corrected chi connectivity index (χ4v) is 3.02. The van der Waals surface area contributed by atoms with Crippen LogP contribution < -0.4 is 5.32 Å². The average Bonchev–Trinajstić information content (AvgIpc) is 2.63. The molecule has 2 N–H and O–H groups in total. The first-order chi connectivity index (χ1) is 7.68. The largest absolute Gasteiger partial charge is 0.480 e. The third-order valence-electron chi connectivity index (χ3n) is 3.19. The maximum atomic E-state index is 11.7. The Hall–Kier alpha value is -0.910. The standard InChI is InChI=1S/C10H16N2O3S/c13-9(14)8-5-16-6-12(8)10(15)11-4-7-2-1-3-7/h7-8H,1-6H2,(H,11,15)(H,13,14). The summed E-state index contributed by atoms with van der Waals surface area (Å²) in [4.78, 5) is 24.0. The van der Waals surface area contributed by atoms with Crippen molar-refractivity contribution in [1.29, 1.82) is 0 Å². The minimum Gasteiger partial charge on any atom is -0.480 e. The zero-order chi connectivity index (χ0) is 11.5. The second-order valence-corrected chi connectivity index (χ2v) is 5.31. The van der Waals surface area contributed by atoms with Gasteiger partial charge in [0.2, 0.25) is 0 Å². The molecule has 1 saturated heterocycles. The summed E-state index contributed by atoms with van der Waals surface area (Å²) in [5.74, 6) is 0.658. The Bertz CT molecular complexity index is 294. The van der Waals surface area contributed by atoms with Crippen molar-refractivity contribution in [2.75, 3.05) is 18.2 Å². The fraction of sp³-hybridized carbons (Fsp3) is 0.800. The van der Waals surface area contributed by atoms with E-state index in [1.165, 1.54) is 35.9 Å². The molecule has 0 spiro atoms. The maximum Gasteiger partial charge on any atom is 0.327 e. The van der Waals surface area contributed by atoms with Crippen LogP contribution in [0.4, 0.5) is 4.79 Å². The molecule has 2 amide bonds. The van der Waals surface area contributed by atoms with Gasteiger partial charge in [0.15, 0.2) is 0 Å². The first kappa shape index (κ1) is 11.6. The molecule has 2 aliphatic rings. The predicted molar refractivity (Wildman–Crippen MR) is 61.3 cm³/mol. The van der Waals surface area contributed by atoms with E-state index < -0.39 is 12.0 Å². The highest BCUT2D eigenvalue weighted by Gasteiger charge is 2.34. The summed E-state index contributed by atoms with van der Waals surface area (Å²) in [5.41, 5.74) is 0. The van der Waals surface area contributed by atoms with Gasteiger partial charge in [-0.15, -0.1) is 11.8 Å². The summed E-state index contributed by atoms with van der Waals surface area (Å²) >= 11 is 1.49. The summed E-state index contributed by atoms with van der Waals surface area (Å²) in [7, 11) is 0. The molecule has 5 nitrogen and oxygen atoms in total. The molecule has 0 aromatic carbocycles. The van der Waals surface area contributed by atoms with Gasteiger partial charge in [-0.1, -0.05) is 6.42 Å². The van der Waals surface area contributed by atoms with Crippen molar-refractivity contribution in [1.82, 2.24) is 10.2 Å². The van der Waals surface area contributed by atoms with Crippen molar-refractivity contribution in [3.63, 3.8) is 0 Å². The number of carbonyl (C=O) groups excluding carboxylic acids is 1. The summed E-state index contributed by atoms with van der Waals surface area (Å²) < 4.78 is 0. The minimum absolute atomic E-state index is 0.232. The summed E-state index contributed by atoms with van der Waals surface area (Å²) in [6.07, 6.45) is 3.60. The Morgan fingerprint density at radius 2 is 2.19 bits per heavy atom. The van der Waals surface area contributed by atoms with E-state index in [0.717, 1.165) is 0 Å². The van der Waals surface area contributed by atoms with Gasteiger partial charge in [-0.3, -0.25) is 0 Å². The first-order valence-corrected chi connectivity index (χ1v) is 6.69. The number of rotatable bonds is 3. The number of nitrogens with one attached hydrogen (secondary N) is 1. The van der Waals surface area contributed by atoms with Gasteiger partial charge in [0.25, 0.3) is 0 Å². The van der Waals surface area contributed by atoms with Crippen molar-refractivity contribution < 1.29 is 14.7 Å². The molecule has 1 aliphatic heterocycles. The molecule has 0 aromatic heterocycles. The summed E-state index contributed by atoms with van der Waals surface area (Å²) in [5, 5.41) is 11.8. The van der Waals surface area contributed by atoms with E-state index >= 15 is 0 Å². The van der Waals surface area contributed by atoms with E-state index in [9.17, 15) is 9.59 Å². The molecule has 0 aromatic rings. The molecule has 2 fully saturated rings. The Morgan fingerprint density at radius 1 is 1.44 bits per heavy atom. The fourth-order valence-electron chi connectivity index (χ4n) is 1.88. The molecule has 1 heterocycles. The van der Waals surface area contributed by atoms with Crippen LogP contribution in [0.2, 0.25) is 0 Å². The number of nitrogens with zero attached hydrogens (tertiary/aromatic N) is 1. The number of amides is 2. The molecule has 0 bridgehead atoms. The van der Waals surface area contributed by atoms with Crippen LogP contribution in [-0.4, -0.2) is 46.2 Å². The second-order valence-electron chi connectivity index (χ2n) is 4.31. The predicted octanol–water partition coefficient (Wildman–Crippen LogP) is 0.956. The van der Waals surface area contributed by atoms with Crippen molar-refractivity contribution in [3.05, 3.63) is 0 Å². The Balaban J connectivity index is 1.80. The van der Waals surface area contributed by atoms with Gasteiger partial charge >= 0.3 is 12.0 Å². The number of thioether (sulfide) groups is 1. The van der Waals surface area contributed by atoms with Gasteiger partial charge in [0.1, 0.15) is 6.04 Å². The number of carbonyl (C=O) groups is 2.